The summed E-state index contributed by atoms with van der Waals surface area (Å²) in [7, 11) is 1.51. The number of rotatable bonds is 5. The van der Waals surface area contributed by atoms with Crippen LogP contribution >= 0.6 is 0 Å². The average molecular weight is 444 g/mol. The van der Waals surface area contributed by atoms with Crippen LogP contribution in [-0.4, -0.2) is 41.6 Å². The van der Waals surface area contributed by atoms with Crippen molar-refractivity contribution < 1.29 is 27.5 Å². The molecule has 0 radical (unpaired) electrons. The third-order valence-corrected chi connectivity index (χ3v) is 5.18. The topological polar surface area (TPSA) is 76.5 Å². The summed E-state index contributed by atoms with van der Waals surface area (Å²) in [6.07, 6.45) is 0.204. The van der Waals surface area contributed by atoms with Crippen LogP contribution in [0.2, 0.25) is 0 Å². The zero-order valence-corrected chi connectivity index (χ0v) is 17.0. The van der Waals surface area contributed by atoms with E-state index in [9.17, 15) is 22.8 Å². The van der Waals surface area contributed by atoms with Gasteiger partial charge < -0.3 is 19.5 Å². The van der Waals surface area contributed by atoms with Gasteiger partial charge in [-0.15, -0.1) is 0 Å². The van der Waals surface area contributed by atoms with Gasteiger partial charge >= 0.3 is 6.18 Å². The molecule has 7 nitrogen and oxygen atoms in total. The van der Waals surface area contributed by atoms with E-state index in [-0.39, 0.29) is 30.5 Å². The van der Waals surface area contributed by atoms with E-state index in [1.54, 1.807) is 29.1 Å². The summed E-state index contributed by atoms with van der Waals surface area (Å²) in [6, 6.07) is 8.90. The Morgan fingerprint density at radius 3 is 2.59 bits per heavy atom. The molecule has 4 rings (SSSR count). The Morgan fingerprint density at radius 1 is 1.22 bits per heavy atom. The zero-order chi connectivity index (χ0) is 22.9. The predicted octanol–water partition coefficient (Wildman–Crippen LogP) is 4.00. The van der Waals surface area contributed by atoms with E-state index in [1.165, 1.54) is 36.4 Å². The van der Waals surface area contributed by atoms with Crippen LogP contribution in [0.1, 0.15) is 32.5 Å². The molecule has 0 bridgehead atoms. The summed E-state index contributed by atoms with van der Waals surface area (Å²) in [5.41, 5.74) is 0.249. The van der Waals surface area contributed by atoms with Gasteiger partial charge in [0.25, 0.3) is 11.8 Å². The molecule has 0 aliphatic carbocycles. The number of amides is 2. The van der Waals surface area contributed by atoms with Crippen molar-refractivity contribution in [2.75, 3.05) is 30.5 Å². The van der Waals surface area contributed by atoms with Crippen LogP contribution in [0.25, 0.3) is 0 Å². The first-order valence-corrected chi connectivity index (χ1v) is 9.70. The number of hydrogen-bond acceptors (Lipinski definition) is 4. The van der Waals surface area contributed by atoms with E-state index < -0.39 is 23.6 Å². The van der Waals surface area contributed by atoms with E-state index in [0.717, 1.165) is 12.1 Å². The minimum Gasteiger partial charge on any atom is -0.382 e. The normalized spacial score (nSPS) is 16.1. The van der Waals surface area contributed by atoms with Crippen molar-refractivity contribution in [1.82, 2.24) is 9.55 Å². The van der Waals surface area contributed by atoms with Gasteiger partial charge in [0.1, 0.15) is 5.69 Å². The highest BCUT2D eigenvalue weighted by Gasteiger charge is 2.36. The zero-order valence-electron chi connectivity index (χ0n) is 17.0. The number of fused-ring (bicyclic) bond motifs is 1. The Morgan fingerprint density at radius 2 is 1.97 bits per heavy atom. The standard InChI is InChI=1S/C22H19F3N4O3/c1-32-13-17-12-29(16-6-4-14(5-7-16)22(23,24)25)21(31)19-18(8-10-28(17)19)20(30)27-15-3-2-9-26-11-15/h2-11,17H,12-13H2,1H3,(H,27,30). The number of pyridine rings is 1. The Hall–Kier alpha value is -3.66. The van der Waals surface area contributed by atoms with Crippen molar-refractivity contribution in [2.24, 2.45) is 0 Å². The summed E-state index contributed by atoms with van der Waals surface area (Å²) in [6.45, 7) is 0.430. The Labute approximate surface area is 181 Å². The number of hydrogen-bond donors (Lipinski definition) is 1. The molecule has 1 N–H and O–H groups in total. The van der Waals surface area contributed by atoms with Crippen LogP contribution in [0.3, 0.4) is 0 Å². The second-order valence-corrected chi connectivity index (χ2v) is 7.25. The third-order valence-electron chi connectivity index (χ3n) is 5.18. The van der Waals surface area contributed by atoms with Gasteiger partial charge in [-0.2, -0.15) is 13.2 Å². The first-order chi connectivity index (χ1) is 15.3. The molecule has 1 aliphatic rings. The van der Waals surface area contributed by atoms with E-state index in [2.05, 4.69) is 10.3 Å². The Bertz CT molecular complexity index is 1130. The Balaban J connectivity index is 1.69. The molecule has 1 atom stereocenters. The molecule has 3 heterocycles. The quantitative estimate of drug-likeness (QED) is 0.646. The van der Waals surface area contributed by atoms with Gasteiger partial charge in [0, 0.05) is 31.7 Å². The molecule has 1 aliphatic heterocycles. The van der Waals surface area contributed by atoms with E-state index in [0.29, 0.717) is 11.4 Å². The number of nitrogens with one attached hydrogen (secondary N) is 1. The molecule has 2 aromatic heterocycles. The SMILES string of the molecule is COCC1CN(c2ccc(C(F)(F)F)cc2)C(=O)c2c(C(=O)Nc3cccnc3)ccn21. The number of nitrogens with zero attached hydrogens (tertiary/aromatic N) is 3. The fourth-order valence-corrected chi connectivity index (χ4v) is 3.68. The van der Waals surface area contributed by atoms with Gasteiger partial charge in [0.2, 0.25) is 0 Å². The van der Waals surface area contributed by atoms with Crippen LogP contribution in [0, 0.1) is 0 Å². The fourth-order valence-electron chi connectivity index (χ4n) is 3.68. The number of anilines is 2. The lowest BCUT2D eigenvalue weighted by Crippen LogP contribution is -2.45. The van der Waals surface area contributed by atoms with Gasteiger partial charge in [-0.05, 0) is 42.5 Å². The Kier molecular flexibility index (Phi) is 5.70. The summed E-state index contributed by atoms with van der Waals surface area (Å²) in [5, 5.41) is 2.70. The molecule has 10 heteroatoms. The molecule has 3 aromatic rings. The molecule has 0 spiro atoms. The first-order valence-electron chi connectivity index (χ1n) is 9.70. The van der Waals surface area contributed by atoms with Crippen molar-refractivity contribution >= 4 is 23.2 Å². The monoisotopic (exact) mass is 444 g/mol. The van der Waals surface area contributed by atoms with E-state index in [4.69, 9.17) is 4.74 Å². The lowest BCUT2D eigenvalue weighted by atomic mass is 10.1. The van der Waals surface area contributed by atoms with Crippen LogP contribution < -0.4 is 10.2 Å². The van der Waals surface area contributed by atoms with Gasteiger partial charge in [-0.3, -0.25) is 14.6 Å². The van der Waals surface area contributed by atoms with Crippen LogP contribution in [0.5, 0.6) is 0 Å². The molecule has 0 saturated carbocycles. The number of alkyl halides is 3. The van der Waals surface area contributed by atoms with Gasteiger partial charge in [-0.25, -0.2) is 0 Å². The summed E-state index contributed by atoms with van der Waals surface area (Å²) >= 11 is 0. The second kappa shape index (κ2) is 8.46. The van der Waals surface area contributed by atoms with E-state index >= 15 is 0 Å². The van der Waals surface area contributed by atoms with Crippen molar-refractivity contribution in [3.8, 4) is 0 Å². The van der Waals surface area contributed by atoms with Crippen LogP contribution in [-0.2, 0) is 10.9 Å². The smallest absolute Gasteiger partial charge is 0.382 e. The molecule has 0 saturated heterocycles. The highest BCUT2D eigenvalue weighted by Crippen LogP contribution is 2.33. The minimum atomic E-state index is -4.48. The molecule has 1 aromatic carbocycles. The summed E-state index contributed by atoms with van der Waals surface area (Å²) in [5.74, 6) is -0.982. The predicted molar refractivity (Wildman–Crippen MR) is 111 cm³/mol. The second-order valence-electron chi connectivity index (χ2n) is 7.25. The number of aromatic nitrogens is 2. The van der Waals surface area contributed by atoms with Crippen molar-refractivity contribution in [3.63, 3.8) is 0 Å². The maximum Gasteiger partial charge on any atom is 0.416 e. The lowest BCUT2D eigenvalue weighted by Gasteiger charge is -2.35. The molecular weight excluding hydrogens is 425 g/mol. The largest absolute Gasteiger partial charge is 0.416 e. The fraction of sp³-hybridized carbons (Fsp3) is 0.227. The molecule has 32 heavy (non-hydrogen) atoms. The molecule has 2 amide bonds. The average Bonchev–Trinajstić information content (AvgIpc) is 3.22. The number of ether oxygens (including phenoxy) is 1. The van der Waals surface area contributed by atoms with Crippen LogP contribution in [0.15, 0.2) is 61.1 Å². The number of halogens is 3. The maximum absolute atomic E-state index is 13.3. The molecular formula is C22H19F3N4O3. The minimum absolute atomic E-state index is 0.139. The number of benzene rings is 1. The highest BCUT2D eigenvalue weighted by molar-refractivity contribution is 6.16. The number of carbonyl (C=O) groups is 2. The molecule has 1 unspecified atom stereocenters. The van der Waals surface area contributed by atoms with Crippen molar-refractivity contribution in [2.45, 2.75) is 12.2 Å². The third kappa shape index (κ3) is 4.09. The summed E-state index contributed by atoms with van der Waals surface area (Å²) in [4.78, 5) is 31.5. The summed E-state index contributed by atoms with van der Waals surface area (Å²) < 4.78 is 45.7. The van der Waals surface area contributed by atoms with Gasteiger partial charge in [-0.1, -0.05) is 0 Å². The lowest BCUT2D eigenvalue weighted by molar-refractivity contribution is -0.137. The molecule has 0 fully saturated rings. The maximum atomic E-state index is 13.3. The first kappa shape index (κ1) is 21.6. The van der Waals surface area contributed by atoms with Crippen molar-refractivity contribution in [1.29, 1.82) is 0 Å². The van der Waals surface area contributed by atoms with Gasteiger partial charge in [0.15, 0.2) is 0 Å². The number of carbonyl (C=O) groups excluding carboxylic acids is 2. The number of methoxy groups -OCH3 is 1. The van der Waals surface area contributed by atoms with E-state index in [1.807, 2.05) is 0 Å². The van der Waals surface area contributed by atoms with Crippen molar-refractivity contribution in [3.05, 3.63) is 77.9 Å². The highest BCUT2D eigenvalue weighted by atomic mass is 19.4. The van der Waals surface area contributed by atoms with Gasteiger partial charge in [0.05, 0.1) is 35.7 Å². The molecule has 166 valence electrons. The van der Waals surface area contributed by atoms with Crippen LogP contribution in [0.4, 0.5) is 24.5 Å².